The summed E-state index contributed by atoms with van der Waals surface area (Å²) in [6.45, 7) is 0. The Morgan fingerprint density at radius 2 is 1.33 bits per heavy atom. The number of fused-ring (bicyclic) bond motifs is 7. The summed E-state index contributed by atoms with van der Waals surface area (Å²) in [5, 5.41) is 9.27. The summed E-state index contributed by atoms with van der Waals surface area (Å²) in [6.07, 6.45) is 0. The van der Waals surface area contributed by atoms with Gasteiger partial charge in [-0.2, -0.15) is 0 Å². The van der Waals surface area contributed by atoms with Crippen LogP contribution in [0.4, 0.5) is 0 Å². The molecule has 0 atom stereocenters. The van der Waals surface area contributed by atoms with E-state index in [1.165, 1.54) is 0 Å². The minimum Gasteiger partial charge on any atom is -0.345 e. The van der Waals surface area contributed by atoms with E-state index in [0.717, 1.165) is 49.2 Å². The number of carbonyl (C=O) groups excluding carboxylic acids is 1. The molecule has 2 heterocycles. The zero-order valence-electron chi connectivity index (χ0n) is 18.5. The molecule has 33 heavy (non-hydrogen) atoms. The summed E-state index contributed by atoms with van der Waals surface area (Å²) in [7, 11) is 3.60. The Balaban J connectivity index is 1.93. The summed E-state index contributed by atoms with van der Waals surface area (Å²) < 4.78 is 1.96. The summed E-state index contributed by atoms with van der Waals surface area (Å²) >= 11 is 0. The molecule has 4 nitrogen and oxygen atoms in total. The maximum atomic E-state index is 13.7. The van der Waals surface area contributed by atoms with Crippen LogP contribution >= 0.6 is 0 Å². The van der Waals surface area contributed by atoms with Crippen LogP contribution in [0.15, 0.2) is 97.1 Å². The SMILES string of the molecule is CN(C)C(=O)c1c2cccc(-c3ccccc3)c2n[n+]2c3ccccc3c3ccccc3c12. The van der Waals surface area contributed by atoms with Crippen molar-refractivity contribution in [2.24, 2.45) is 0 Å². The molecule has 0 fully saturated rings. The van der Waals surface area contributed by atoms with Crippen molar-refractivity contribution < 1.29 is 9.31 Å². The third-order valence-corrected chi connectivity index (χ3v) is 6.26. The highest BCUT2D eigenvalue weighted by Gasteiger charge is 2.29. The van der Waals surface area contributed by atoms with E-state index >= 15 is 0 Å². The molecule has 6 aromatic rings. The van der Waals surface area contributed by atoms with E-state index in [0.29, 0.717) is 5.56 Å². The molecule has 0 spiro atoms. The summed E-state index contributed by atoms with van der Waals surface area (Å²) in [6, 6.07) is 32.8. The number of carbonyl (C=O) groups is 1. The number of pyridine rings is 1. The molecule has 6 rings (SSSR count). The van der Waals surface area contributed by atoms with E-state index in [-0.39, 0.29) is 5.91 Å². The van der Waals surface area contributed by atoms with E-state index in [9.17, 15) is 4.79 Å². The van der Waals surface area contributed by atoms with Gasteiger partial charge >= 0.3 is 0 Å². The van der Waals surface area contributed by atoms with Gasteiger partial charge in [0.05, 0.1) is 10.8 Å². The number of benzene rings is 4. The van der Waals surface area contributed by atoms with E-state index in [1.54, 1.807) is 19.0 Å². The van der Waals surface area contributed by atoms with Crippen molar-refractivity contribution in [3.05, 3.63) is 103 Å². The highest BCUT2D eigenvalue weighted by atomic mass is 16.2. The predicted molar refractivity (Wildman–Crippen MR) is 133 cm³/mol. The fourth-order valence-corrected chi connectivity index (χ4v) is 4.76. The fourth-order valence-electron chi connectivity index (χ4n) is 4.76. The van der Waals surface area contributed by atoms with Crippen LogP contribution in [-0.2, 0) is 0 Å². The van der Waals surface area contributed by atoms with Crippen LogP contribution in [0.2, 0.25) is 0 Å². The molecule has 0 bridgehead atoms. The average Bonchev–Trinajstić information content (AvgIpc) is 2.87. The maximum absolute atomic E-state index is 13.7. The Hall–Kier alpha value is -4.31. The Morgan fingerprint density at radius 3 is 2.09 bits per heavy atom. The number of hydrogen-bond donors (Lipinski definition) is 0. The first-order valence-corrected chi connectivity index (χ1v) is 11.0. The van der Waals surface area contributed by atoms with Gasteiger partial charge in [0.25, 0.3) is 11.4 Å². The van der Waals surface area contributed by atoms with E-state index in [1.807, 2.05) is 59.1 Å². The number of hydrogen-bond acceptors (Lipinski definition) is 2. The van der Waals surface area contributed by atoms with Crippen LogP contribution in [0, 0.1) is 0 Å². The molecule has 0 aliphatic heterocycles. The Kier molecular flexibility index (Phi) is 4.34. The van der Waals surface area contributed by atoms with Gasteiger partial charge in [0.2, 0.25) is 5.52 Å². The highest BCUT2D eigenvalue weighted by Crippen LogP contribution is 2.34. The normalized spacial score (nSPS) is 11.5. The highest BCUT2D eigenvalue weighted by molar-refractivity contribution is 6.19. The summed E-state index contributed by atoms with van der Waals surface area (Å²) in [5.41, 5.74) is 5.37. The van der Waals surface area contributed by atoms with Crippen molar-refractivity contribution in [1.29, 1.82) is 0 Å². The van der Waals surface area contributed by atoms with Crippen molar-refractivity contribution in [3.8, 4) is 11.1 Å². The third-order valence-electron chi connectivity index (χ3n) is 6.26. The molecule has 0 saturated heterocycles. The molecule has 0 saturated carbocycles. The lowest BCUT2D eigenvalue weighted by molar-refractivity contribution is -0.548. The van der Waals surface area contributed by atoms with E-state index in [2.05, 4.69) is 42.5 Å². The van der Waals surface area contributed by atoms with Crippen molar-refractivity contribution in [3.63, 3.8) is 0 Å². The predicted octanol–water partition coefficient (Wildman–Crippen LogP) is 5.65. The molecule has 0 radical (unpaired) electrons. The molecule has 1 amide bonds. The van der Waals surface area contributed by atoms with Gasteiger partial charge in [0.15, 0.2) is 0 Å². The molecule has 158 valence electrons. The number of para-hydroxylation sites is 1. The van der Waals surface area contributed by atoms with Gasteiger partial charge in [0, 0.05) is 41.6 Å². The fraction of sp³-hybridized carbons (Fsp3) is 0.0690. The van der Waals surface area contributed by atoms with Crippen LogP contribution < -0.4 is 4.52 Å². The first-order chi connectivity index (χ1) is 16.1. The van der Waals surface area contributed by atoms with Gasteiger partial charge < -0.3 is 4.90 Å². The molecular formula is C29H22N3O+. The second kappa shape index (κ2) is 7.38. The number of nitrogens with zero attached hydrogens (tertiary/aromatic N) is 3. The molecule has 0 unspecified atom stereocenters. The monoisotopic (exact) mass is 428 g/mol. The van der Waals surface area contributed by atoms with Crippen molar-refractivity contribution in [2.45, 2.75) is 0 Å². The zero-order valence-corrected chi connectivity index (χ0v) is 18.5. The van der Waals surface area contributed by atoms with E-state index in [4.69, 9.17) is 5.10 Å². The van der Waals surface area contributed by atoms with Crippen LogP contribution in [0.5, 0.6) is 0 Å². The molecule has 2 aromatic heterocycles. The first-order valence-electron chi connectivity index (χ1n) is 11.0. The quantitative estimate of drug-likeness (QED) is 0.203. The topological polar surface area (TPSA) is 37.3 Å². The molecule has 4 heteroatoms. The lowest BCUT2D eigenvalue weighted by Crippen LogP contribution is -2.33. The van der Waals surface area contributed by atoms with E-state index < -0.39 is 0 Å². The molecule has 4 aromatic carbocycles. The van der Waals surface area contributed by atoms with Gasteiger partial charge in [-0.3, -0.25) is 4.79 Å². The summed E-state index contributed by atoms with van der Waals surface area (Å²) in [5.74, 6) is -0.0365. The average molecular weight is 429 g/mol. The Morgan fingerprint density at radius 1 is 0.697 bits per heavy atom. The maximum Gasteiger partial charge on any atom is 0.260 e. The van der Waals surface area contributed by atoms with Gasteiger partial charge in [-0.15, -0.1) is 0 Å². The molecule has 0 aliphatic carbocycles. The molecule has 0 N–H and O–H groups in total. The zero-order chi connectivity index (χ0) is 22.5. The third kappa shape index (κ3) is 2.88. The van der Waals surface area contributed by atoms with Gasteiger partial charge in [-0.25, -0.2) is 0 Å². The lowest BCUT2D eigenvalue weighted by Gasteiger charge is -2.14. The van der Waals surface area contributed by atoms with Gasteiger partial charge in [-0.1, -0.05) is 78.9 Å². The van der Waals surface area contributed by atoms with Crippen LogP contribution in [0.3, 0.4) is 0 Å². The lowest BCUT2D eigenvalue weighted by atomic mass is 9.96. The largest absolute Gasteiger partial charge is 0.345 e. The van der Waals surface area contributed by atoms with Gasteiger partial charge in [-0.05, 0) is 22.2 Å². The minimum absolute atomic E-state index is 0.0365. The van der Waals surface area contributed by atoms with Gasteiger partial charge in [0.1, 0.15) is 11.1 Å². The van der Waals surface area contributed by atoms with Crippen LogP contribution in [-0.4, -0.2) is 30.0 Å². The minimum atomic E-state index is -0.0365. The second-order valence-electron chi connectivity index (χ2n) is 8.47. The Labute approximate surface area is 191 Å². The summed E-state index contributed by atoms with van der Waals surface area (Å²) in [4.78, 5) is 15.3. The number of aromatic nitrogens is 2. The number of rotatable bonds is 2. The first kappa shape index (κ1) is 19.4. The Bertz CT molecular complexity index is 1710. The number of amides is 1. The molecule has 0 aliphatic rings. The van der Waals surface area contributed by atoms with Crippen LogP contribution in [0.1, 0.15) is 10.4 Å². The smallest absolute Gasteiger partial charge is 0.260 e. The van der Waals surface area contributed by atoms with Crippen molar-refractivity contribution >= 4 is 44.0 Å². The molecular weight excluding hydrogens is 406 g/mol. The van der Waals surface area contributed by atoms with Crippen molar-refractivity contribution in [2.75, 3.05) is 14.1 Å². The standard InChI is InChI=1S/C29H22N3O/c1-31(2)29(33)26-24-17-10-16-20(19-11-4-3-5-12-19)27(24)30-32-25-18-9-8-14-22(25)21-13-6-7-15-23(21)28(26)32/h3-18H,1-2H3/q+1. The van der Waals surface area contributed by atoms with Crippen molar-refractivity contribution in [1.82, 2.24) is 10.00 Å². The second-order valence-corrected chi connectivity index (χ2v) is 8.47. The van der Waals surface area contributed by atoms with Crippen LogP contribution in [0.25, 0.3) is 49.2 Å².